The summed E-state index contributed by atoms with van der Waals surface area (Å²) in [4.78, 5) is 34.0. The third kappa shape index (κ3) is 17.8. The monoisotopic (exact) mass is 388 g/mol. The lowest BCUT2D eigenvalue weighted by atomic mass is 10.1. The maximum Gasteiger partial charge on any atom is 0.245 e. The van der Waals surface area contributed by atoms with Gasteiger partial charge in [-0.2, -0.15) is 0 Å². The van der Waals surface area contributed by atoms with Gasteiger partial charge in [-0.25, -0.2) is 0 Å². The molecule has 0 aliphatic carbocycles. The van der Waals surface area contributed by atoms with E-state index in [0.717, 1.165) is 19.3 Å². The van der Waals surface area contributed by atoms with E-state index in [-0.39, 0.29) is 30.7 Å². The Kier molecular flexibility index (Phi) is 17.1. The molecule has 0 spiro atoms. The molecule has 27 heavy (non-hydrogen) atoms. The zero-order valence-electron chi connectivity index (χ0n) is 16.8. The second kappa shape index (κ2) is 18.0. The Morgan fingerprint density at radius 2 is 1.63 bits per heavy atom. The molecule has 0 saturated carbocycles. The van der Waals surface area contributed by atoms with Crippen molar-refractivity contribution in [1.29, 1.82) is 0 Å². The van der Waals surface area contributed by atoms with Gasteiger partial charge in [0.2, 0.25) is 5.91 Å². The van der Waals surface area contributed by atoms with Crippen molar-refractivity contribution in [1.82, 2.24) is 5.32 Å². The van der Waals surface area contributed by atoms with E-state index in [1.54, 1.807) is 0 Å². The normalized spacial score (nSPS) is 12.0. The molecule has 1 atom stereocenters. The van der Waals surface area contributed by atoms with E-state index in [1.165, 1.54) is 6.92 Å². The van der Waals surface area contributed by atoms with Gasteiger partial charge in [-0.1, -0.05) is 6.92 Å². The van der Waals surface area contributed by atoms with Crippen LogP contribution in [0.1, 0.15) is 52.4 Å². The smallest absolute Gasteiger partial charge is 0.245 e. The number of hydrogen-bond donors (Lipinski definition) is 2. The summed E-state index contributed by atoms with van der Waals surface area (Å²) in [5, 5.41) is 2.75. The van der Waals surface area contributed by atoms with Crippen LogP contribution >= 0.6 is 0 Å². The van der Waals surface area contributed by atoms with E-state index < -0.39 is 6.04 Å². The Labute approximate surface area is 162 Å². The van der Waals surface area contributed by atoms with Crippen LogP contribution in [-0.4, -0.2) is 69.7 Å². The van der Waals surface area contributed by atoms with Gasteiger partial charge in [0.1, 0.15) is 19.0 Å². The molecule has 8 nitrogen and oxygen atoms in total. The highest BCUT2D eigenvalue weighted by atomic mass is 16.5. The van der Waals surface area contributed by atoms with Crippen molar-refractivity contribution in [2.45, 2.75) is 58.4 Å². The second-order valence-electron chi connectivity index (χ2n) is 6.42. The quantitative estimate of drug-likeness (QED) is 0.317. The number of unbranched alkanes of at least 4 members (excludes halogenated alkanes) is 1. The highest BCUT2D eigenvalue weighted by Crippen LogP contribution is 1.99. The van der Waals surface area contributed by atoms with E-state index in [9.17, 15) is 14.4 Å². The molecule has 0 bridgehead atoms. The van der Waals surface area contributed by atoms with Gasteiger partial charge in [-0.3, -0.25) is 14.4 Å². The van der Waals surface area contributed by atoms with E-state index in [0.29, 0.717) is 52.2 Å². The molecule has 0 saturated heterocycles. The highest BCUT2D eigenvalue weighted by molar-refractivity contribution is 5.81. The molecule has 0 radical (unpaired) electrons. The Balaban J connectivity index is 3.34. The minimum Gasteiger partial charge on any atom is -0.379 e. The van der Waals surface area contributed by atoms with Gasteiger partial charge in [-0.15, -0.1) is 0 Å². The summed E-state index contributed by atoms with van der Waals surface area (Å²) in [6, 6.07) is -0.406. The number of rotatable bonds is 19. The largest absolute Gasteiger partial charge is 0.379 e. The average molecular weight is 389 g/mol. The second-order valence-corrected chi connectivity index (χ2v) is 6.42. The molecule has 3 N–H and O–H groups in total. The molecule has 1 unspecified atom stereocenters. The highest BCUT2D eigenvalue weighted by Gasteiger charge is 2.07. The molecule has 0 heterocycles. The number of carbonyl (C=O) groups excluding carboxylic acids is 3. The molecule has 0 aliphatic heterocycles. The third-order valence-corrected chi connectivity index (χ3v) is 3.75. The van der Waals surface area contributed by atoms with Crippen molar-refractivity contribution in [3.05, 3.63) is 0 Å². The van der Waals surface area contributed by atoms with Gasteiger partial charge < -0.3 is 25.3 Å². The van der Waals surface area contributed by atoms with Crippen molar-refractivity contribution in [2.24, 2.45) is 5.73 Å². The Bertz CT molecular complexity index is 417. The van der Waals surface area contributed by atoms with Crippen LogP contribution in [0.5, 0.6) is 0 Å². The lowest BCUT2D eigenvalue weighted by Gasteiger charge is -2.09. The van der Waals surface area contributed by atoms with Crippen molar-refractivity contribution >= 4 is 17.5 Å². The first-order valence-corrected chi connectivity index (χ1v) is 9.75. The summed E-state index contributed by atoms with van der Waals surface area (Å²) >= 11 is 0. The van der Waals surface area contributed by atoms with Gasteiger partial charge in [-0.05, 0) is 39.0 Å². The Morgan fingerprint density at radius 3 is 2.33 bits per heavy atom. The summed E-state index contributed by atoms with van der Waals surface area (Å²) in [7, 11) is 0. The molecule has 1 amide bonds. The predicted molar refractivity (Wildman–Crippen MR) is 103 cm³/mol. The maximum absolute atomic E-state index is 11.6. The van der Waals surface area contributed by atoms with Crippen LogP contribution < -0.4 is 11.1 Å². The first-order chi connectivity index (χ1) is 13.0. The predicted octanol–water partition coefficient (Wildman–Crippen LogP) is 0.998. The van der Waals surface area contributed by atoms with Crippen molar-refractivity contribution in [2.75, 3.05) is 46.2 Å². The fourth-order valence-corrected chi connectivity index (χ4v) is 2.13. The fourth-order valence-electron chi connectivity index (χ4n) is 2.13. The minimum atomic E-state index is -0.406. The van der Waals surface area contributed by atoms with Gasteiger partial charge in [0, 0.05) is 26.2 Å². The first-order valence-electron chi connectivity index (χ1n) is 9.75. The van der Waals surface area contributed by atoms with Crippen molar-refractivity contribution in [3.8, 4) is 0 Å². The third-order valence-electron chi connectivity index (χ3n) is 3.75. The number of nitrogens with one attached hydrogen (secondary N) is 1. The zero-order chi connectivity index (χ0) is 20.3. The SMILES string of the molecule is CCCOCC(=O)CCCOCCOCC(=O)NCCCCC(N)C(C)=O. The number of carbonyl (C=O) groups is 3. The standard InChI is InChI=1S/C19H36N2O6/c1-3-10-26-14-17(23)7-6-11-25-12-13-27-15-19(24)21-9-5-4-8-18(20)16(2)22/h18H,3-15,20H2,1-2H3,(H,21,24). The summed E-state index contributed by atoms with van der Waals surface area (Å²) < 4.78 is 15.8. The van der Waals surface area contributed by atoms with Crippen molar-refractivity contribution < 1.29 is 28.6 Å². The number of nitrogens with two attached hydrogens (primary N) is 1. The summed E-state index contributed by atoms with van der Waals surface area (Å²) in [6.45, 7) is 6.00. The number of ether oxygens (including phenoxy) is 3. The number of amides is 1. The minimum absolute atomic E-state index is 0.0103. The Morgan fingerprint density at radius 1 is 0.926 bits per heavy atom. The molecule has 0 rings (SSSR count). The lowest BCUT2D eigenvalue weighted by molar-refractivity contribution is -0.126. The van der Waals surface area contributed by atoms with Crippen LogP contribution in [0.2, 0.25) is 0 Å². The average Bonchev–Trinajstić information content (AvgIpc) is 2.63. The molecular weight excluding hydrogens is 352 g/mol. The van der Waals surface area contributed by atoms with Crippen LogP contribution in [0.3, 0.4) is 0 Å². The number of Topliss-reactive ketones (excluding diaryl/α,β-unsaturated/α-hetero) is 2. The van der Waals surface area contributed by atoms with Crippen LogP contribution in [0.25, 0.3) is 0 Å². The van der Waals surface area contributed by atoms with Gasteiger partial charge in [0.05, 0.1) is 19.3 Å². The summed E-state index contributed by atoms with van der Waals surface area (Å²) in [6.07, 6.45) is 4.22. The fraction of sp³-hybridized carbons (Fsp3) is 0.842. The first kappa shape index (κ1) is 25.6. The van der Waals surface area contributed by atoms with Gasteiger partial charge in [0.25, 0.3) is 0 Å². The van der Waals surface area contributed by atoms with Crippen LogP contribution in [0, 0.1) is 0 Å². The molecule has 0 fully saturated rings. The molecule has 0 aromatic rings. The topological polar surface area (TPSA) is 117 Å². The van der Waals surface area contributed by atoms with E-state index in [2.05, 4.69) is 5.32 Å². The van der Waals surface area contributed by atoms with Gasteiger partial charge >= 0.3 is 0 Å². The molecular formula is C19H36N2O6. The van der Waals surface area contributed by atoms with Crippen LogP contribution in [-0.2, 0) is 28.6 Å². The van der Waals surface area contributed by atoms with E-state index in [1.807, 2.05) is 6.92 Å². The molecule has 0 aliphatic rings. The molecule has 0 aromatic carbocycles. The summed E-state index contributed by atoms with van der Waals surface area (Å²) in [5.74, 6) is -0.103. The molecule has 158 valence electrons. The molecule has 8 heteroatoms. The maximum atomic E-state index is 11.6. The lowest BCUT2D eigenvalue weighted by Crippen LogP contribution is -2.30. The summed E-state index contributed by atoms with van der Waals surface area (Å²) in [5.41, 5.74) is 5.63. The molecule has 0 aromatic heterocycles. The van der Waals surface area contributed by atoms with Crippen LogP contribution in [0.15, 0.2) is 0 Å². The Hall–Kier alpha value is -1.35. The van der Waals surface area contributed by atoms with E-state index >= 15 is 0 Å². The van der Waals surface area contributed by atoms with Crippen molar-refractivity contribution in [3.63, 3.8) is 0 Å². The number of hydrogen-bond acceptors (Lipinski definition) is 7. The zero-order valence-corrected chi connectivity index (χ0v) is 16.8. The van der Waals surface area contributed by atoms with Crippen LogP contribution in [0.4, 0.5) is 0 Å². The van der Waals surface area contributed by atoms with Gasteiger partial charge in [0.15, 0.2) is 5.78 Å². The number of ketones is 2. The van der Waals surface area contributed by atoms with E-state index in [4.69, 9.17) is 19.9 Å².